The maximum Gasteiger partial charge on any atom is 0.551 e. The van der Waals surface area contributed by atoms with E-state index in [0.717, 1.165) is 14.2 Å². The molecule has 1 aromatic carbocycles. The Bertz CT molecular complexity index is 476. The standard InChI is InChI=1S/C12H15NO6P/c1-12(11(15)17-2,20(16)18-3)13(9-14)19-10-7-5-4-6-8-10/h4-9H,1-3H3/q+1. The van der Waals surface area contributed by atoms with Crippen LogP contribution in [0.1, 0.15) is 6.92 Å². The van der Waals surface area contributed by atoms with Gasteiger partial charge < -0.3 is 9.57 Å². The Morgan fingerprint density at radius 3 is 2.35 bits per heavy atom. The molecule has 108 valence electrons. The Labute approximate surface area is 117 Å². The van der Waals surface area contributed by atoms with E-state index in [1.165, 1.54) is 6.92 Å². The molecule has 7 nitrogen and oxygen atoms in total. The molecule has 0 aliphatic heterocycles. The highest BCUT2D eigenvalue weighted by Gasteiger charge is 2.62. The van der Waals surface area contributed by atoms with Crippen molar-refractivity contribution in [2.45, 2.75) is 12.2 Å². The highest BCUT2D eigenvalue weighted by molar-refractivity contribution is 7.42. The molecule has 20 heavy (non-hydrogen) atoms. The van der Waals surface area contributed by atoms with Crippen LogP contribution < -0.4 is 4.84 Å². The fraction of sp³-hybridized carbons (Fsp3) is 0.333. The third-order valence-corrected chi connectivity index (χ3v) is 3.99. The molecule has 2 atom stereocenters. The minimum absolute atomic E-state index is 0.246. The lowest BCUT2D eigenvalue weighted by molar-refractivity contribution is -0.174. The van der Waals surface area contributed by atoms with Crippen LogP contribution >= 0.6 is 8.03 Å². The maximum absolute atomic E-state index is 12.0. The zero-order valence-electron chi connectivity index (χ0n) is 11.3. The molecule has 1 amide bonds. The Morgan fingerprint density at radius 2 is 1.90 bits per heavy atom. The van der Waals surface area contributed by atoms with E-state index in [2.05, 4.69) is 9.26 Å². The molecule has 2 unspecified atom stereocenters. The summed E-state index contributed by atoms with van der Waals surface area (Å²) in [5.41, 5.74) is 0. The molecule has 0 N–H and O–H groups in total. The first-order chi connectivity index (χ1) is 9.50. The van der Waals surface area contributed by atoms with Gasteiger partial charge in [0.05, 0.1) is 14.2 Å². The molecule has 0 saturated heterocycles. The summed E-state index contributed by atoms with van der Waals surface area (Å²) in [6, 6.07) is 8.28. The molecule has 0 radical (unpaired) electrons. The molecule has 0 heterocycles. The van der Waals surface area contributed by atoms with Gasteiger partial charge in [-0.05, 0) is 16.7 Å². The molecule has 0 fully saturated rings. The Balaban J connectivity index is 3.12. The van der Waals surface area contributed by atoms with E-state index >= 15 is 0 Å². The number of hydroxylamine groups is 2. The number of hydrogen-bond acceptors (Lipinski definition) is 6. The summed E-state index contributed by atoms with van der Waals surface area (Å²) in [5, 5.41) is -1.27. The van der Waals surface area contributed by atoms with Crippen LogP contribution in [0.25, 0.3) is 0 Å². The average molecular weight is 300 g/mol. The Kier molecular flexibility index (Phi) is 5.61. The monoisotopic (exact) mass is 300 g/mol. The molecular weight excluding hydrogens is 285 g/mol. The molecule has 0 saturated carbocycles. The molecule has 0 spiro atoms. The number of rotatable bonds is 7. The summed E-state index contributed by atoms with van der Waals surface area (Å²) in [6.07, 6.45) is 0.246. The van der Waals surface area contributed by atoms with E-state index in [0.29, 0.717) is 10.8 Å². The second-order valence-corrected chi connectivity index (χ2v) is 5.54. The lowest BCUT2D eigenvalue weighted by Crippen LogP contribution is -2.51. The van der Waals surface area contributed by atoms with Crippen molar-refractivity contribution in [1.29, 1.82) is 0 Å². The van der Waals surface area contributed by atoms with Crippen molar-refractivity contribution in [2.24, 2.45) is 0 Å². The number of hydrogen-bond donors (Lipinski definition) is 0. The van der Waals surface area contributed by atoms with Gasteiger partial charge >= 0.3 is 19.3 Å². The van der Waals surface area contributed by atoms with E-state index in [9.17, 15) is 14.2 Å². The van der Waals surface area contributed by atoms with Crippen LogP contribution in [0.3, 0.4) is 0 Å². The highest BCUT2D eigenvalue weighted by atomic mass is 31.1. The summed E-state index contributed by atoms with van der Waals surface area (Å²) in [7, 11) is -0.291. The molecule has 8 heteroatoms. The minimum Gasteiger partial charge on any atom is -0.464 e. The van der Waals surface area contributed by atoms with Gasteiger partial charge in [0.15, 0.2) is 5.75 Å². The SMILES string of the molecule is COC(=O)C(C)(N(C=O)Oc1ccccc1)[P+](=O)OC. The predicted molar refractivity (Wildman–Crippen MR) is 70.0 cm³/mol. The second-order valence-electron chi connectivity index (χ2n) is 3.79. The number of nitrogens with zero attached hydrogens (tertiary/aromatic N) is 1. The smallest absolute Gasteiger partial charge is 0.464 e. The first kappa shape index (κ1) is 16.1. The molecule has 1 aromatic rings. The average Bonchev–Trinajstić information content (AvgIpc) is 2.51. The topological polar surface area (TPSA) is 82.1 Å². The third-order valence-electron chi connectivity index (χ3n) is 2.57. The third kappa shape index (κ3) is 3.12. The van der Waals surface area contributed by atoms with Crippen molar-refractivity contribution in [3.05, 3.63) is 30.3 Å². The molecule has 0 aliphatic carbocycles. The van der Waals surface area contributed by atoms with E-state index in [4.69, 9.17) is 4.84 Å². The van der Waals surface area contributed by atoms with Gasteiger partial charge in [0.1, 0.15) is 0 Å². The summed E-state index contributed by atoms with van der Waals surface area (Å²) in [5.74, 6) is -0.613. The van der Waals surface area contributed by atoms with Crippen LogP contribution in [-0.4, -0.2) is 36.9 Å². The van der Waals surface area contributed by atoms with Gasteiger partial charge in [0.2, 0.25) is 6.41 Å². The number of para-hydroxylation sites is 1. The quantitative estimate of drug-likeness (QED) is 0.330. The number of carbonyl (C=O) groups is 2. The van der Waals surface area contributed by atoms with Crippen molar-refractivity contribution in [3.63, 3.8) is 0 Å². The first-order valence-corrected chi connectivity index (χ1v) is 6.76. The molecule has 0 aromatic heterocycles. The van der Waals surface area contributed by atoms with Crippen LogP contribution in [-0.2, 0) is 23.4 Å². The fourth-order valence-electron chi connectivity index (χ4n) is 1.42. The van der Waals surface area contributed by atoms with Crippen LogP contribution in [0.4, 0.5) is 0 Å². The molecule has 1 rings (SSSR count). The predicted octanol–water partition coefficient (Wildman–Crippen LogP) is 1.72. The summed E-state index contributed by atoms with van der Waals surface area (Å²) < 4.78 is 21.2. The number of esters is 1. The number of benzene rings is 1. The van der Waals surface area contributed by atoms with E-state index in [-0.39, 0.29) is 6.41 Å². The van der Waals surface area contributed by atoms with Gasteiger partial charge in [0, 0.05) is 6.92 Å². The summed E-state index contributed by atoms with van der Waals surface area (Å²) in [4.78, 5) is 28.3. The number of carbonyl (C=O) groups excluding carboxylic acids is 2. The normalized spacial score (nSPS) is 13.8. The van der Waals surface area contributed by atoms with E-state index < -0.39 is 19.3 Å². The second kappa shape index (κ2) is 6.98. The van der Waals surface area contributed by atoms with Gasteiger partial charge in [-0.3, -0.25) is 4.79 Å². The number of amides is 1. The minimum atomic E-state index is -2.57. The van der Waals surface area contributed by atoms with Gasteiger partial charge in [-0.1, -0.05) is 18.2 Å². The van der Waals surface area contributed by atoms with Crippen LogP contribution in [0.15, 0.2) is 30.3 Å². The van der Waals surface area contributed by atoms with Crippen LogP contribution in [0.5, 0.6) is 5.75 Å². The van der Waals surface area contributed by atoms with Crippen LogP contribution in [0.2, 0.25) is 0 Å². The largest absolute Gasteiger partial charge is 0.551 e. The van der Waals surface area contributed by atoms with Crippen molar-refractivity contribution in [3.8, 4) is 5.75 Å². The molecular formula is C12H15NO6P+. The first-order valence-electron chi connectivity index (χ1n) is 5.58. The Hall–Kier alpha value is -1.98. The van der Waals surface area contributed by atoms with Gasteiger partial charge in [0.25, 0.3) is 0 Å². The van der Waals surface area contributed by atoms with E-state index in [1.807, 2.05) is 0 Å². The van der Waals surface area contributed by atoms with Gasteiger partial charge in [-0.25, -0.2) is 4.79 Å². The van der Waals surface area contributed by atoms with Crippen molar-refractivity contribution in [1.82, 2.24) is 5.06 Å². The van der Waals surface area contributed by atoms with E-state index in [1.54, 1.807) is 30.3 Å². The zero-order chi connectivity index (χ0) is 15.2. The van der Waals surface area contributed by atoms with Crippen LogP contribution in [0, 0.1) is 0 Å². The van der Waals surface area contributed by atoms with Crippen molar-refractivity contribution < 1.29 is 28.3 Å². The summed E-state index contributed by atoms with van der Waals surface area (Å²) in [6.45, 7) is 1.23. The number of methoxy groups -OCH3 is 1. The van der Waals surface area contributed by atoms with Crippen molar-refractivity contribution >= 4 is 20.4 Å². The van der Waals surface area contributed by atoms with Crippen molar-refractivity contribution in [2.75, 3.05) is 14.2 Å². The van der Waals surface area contributed by atoms with Gasteiger partial charge in [-0.15, -0.1) is 9.59 Å². The zero-order valence-corrected chi connectivity index (χ0v) is 12.2. The Morgan fingerprint density at radius 1 is 1.30 bits per heavy atom. The summed E-state index contributed by atoms with van der Waals surface area (Å²) >= 11 is 0. The lowest BCUT2D eigenvalue weighted by Gasteiger charge is -2.25. The van der Waals surface area contributed by atoms with Gasteiger partial charge in [-0.2, -0.15) is 0 Å². The number of ether oxygens (including phenoxy) is 1. The molecule has 0 aliphatic rings. The fourth-order valence-corrected chi connectivity index (χ4v) is 2.27. The lowest BCUT2D eigenvalue weighted by atomic mass is 10.3. The highest BCUT2D eigenvalue weighted by Crippen LogP contribution is 2.42. The maximum atomic E-state index is 12.0. The molecule has 0 bridgehead atoms.